The van der Waals surface area contributed by atoms with Crippen LogP contribution in [0.2, 0.25) is 0 Å². The minimum Gasteiger partial charge on any atom is -0.381 e. The van der Waals surface area contributed by atoms with Gasteiger partial charge in [-0.3, -0.25) is 0 Å². The summed E-state index contributed by atoms with van der Waals surface area (Å²) in [6.07, 6.45) is 2.40. The van der Waals surface area contributed by atoms with Crippen molar-refractivity contribution < 1.29 is 4.74 Å². The monoisotopic (exact) mass is 196 g/mol. The molecule has 0 radical (unpaired) electrons. The number of thioether (sulfide) groups is 1. The van der Waals surface area contributed by atoms with Gasteiger partial charge in [-0.05, 0) is 6.42 Å². The normalized spacial score (nSPS) is 10.4. The van der Waals surface area contributed by atoms with Crippen molar-refractivity contribution in [3.8, 4) is 0 Å². The highest BCUT2D eigenvalue weighted by Gasteiger charge is 1.88. The van der Waals surface area contributed by atoms with Crippen LogP contribution in [0.25, 0.3) is 0 Å². The first-order valence-electron chi connectivity index (χ1n) is 4.13. The van der Waals surface area contributed by atoms with Crippen LogP contribution in [0.3, 0.4) is 0 Å². The van der Waals surface area contributed by atoms with Gasteiger partial charge in [-0.15, -0.1) is 11.6 Å². The maximum atomic E-state index is 5.50. The largest absolute Gasteiger partial charge is 0.381 e. The summed E-state index contributed by atoms with van der Waals surface area (Å²) >= 11 is 7.36. The van der Waals surface area contributed by atoms with Crippen LogP contribution in [0, 0.1) is 0 Å². The minimum atomic E-state index is 0.750. The van der Waals surface area contributed by atoms with Crippen LogP contribution < -0.4 is 0 Å². The topological polar surface area (TPSA) is 9.23 Å². The first-order valence-corrected chi connectivity index (χ1v) is 5.82. The summed E-state index contributed by atoms with van der Waals surface area (Å²) in [5.41, 5.74) is 0. The van der Waals surface area contributed by atoms with Gasteiger partial charge in [0.25, 0.3) is 0 Å². The van der Waals surface area contributed by atoms with Crippen LogP contribution in [0.1, 0.15) is 19.8 Å². The molecule has 11 heavy (non-hydrogen) atoms. The zero-order valence-electron chi connectivity index (χ0n) is 7.14. The number of halogens is 1. The van der Waals surface area contributed by atoms with Gasteiger partial charge in [0.2, 0.25) is 0 Å². The predicted molar refractivity (Wildman–Crippen MR) is 53.8 cm³/mol. The molecule has 0 heterocycles. The predicted octanol–water partition coefficient (Wildman–Crippen LogP) is 2.78. The van der Waals surface area contributed by atoms with Crippen LogP contribution in [-0.4, -0.2) is 30.6 Å². The number of hydrogen-bond acceptors (Lipinski definition) is 2. The molecule has 0 aromatic rings. The van der Waals surface area contributed by atoms with E-state index in [2.05, 4.69) is 6.92 Å². The third kappa shape index (κ3) is 10.6. The molecule has 0 aliphatic rings. The molecule has 0 aromatic heterocycles. The van der Waals surface area contributed by atoms with Crippen molar-refractivity contribution in [1.82, 2.24) is 0 Å². The Labute approximate surface area is 78.8 Å². The second-order valence-corrected chi connectivity index (χ2v) is 3.87. The quantitative estimate of drug-likeness (QED) is 0.436. The van der Waals surface area contributed by atoms with E-state index in [-0.39, 0.29) is 0 Å². The van der Waals surface area contributed by atoms with Gasteiger partial charge in [-0.2, -0.15) is 11.8 Å². The summed E-state index contributed by atoms with van der Waals surface area (Å²) in [4.78, 5) is 0. The Morgan fingerprint density at radius 3 is 2.73 bits per heavy atom. The van der Waals surface area contributed by atoms with Crippen LogP contribution in [-0.2, 0) is 4.74 Å². The number of alkyl halides is 1. The lowest BCUT2D eigenvalue weighted by Crippen LogP contribution is -1.99. The number of rotatable bonds is 8. The highest BCUT2D eigenvalue weighted by Crippen LogP contribution is 2.00. The van der Waals surface area contributed by atoms with Gasteiger partial charge in [-0.1, -0.05) is 13.3 Å². The molecule has 0 saturated carbocycles. The molecule has 1 nitrogen and oxygen atoms in total. The Morgan fingerprint density at radius 2 is 2.09 bits per heavy atom. The van der Waals surface area contributed by atoms with Crippen molar-refractivity contribution in [2.24, 2.45) is 0 Å². The fourth-order valence-corrected chi connectivity index (χ4v) is 1.50. The molecule has 0 fully saturated rings. The Balaban J connectivity index is 2.69. The third-order valence-corrected chi connectivity index (χ3v) is 2.60. The number of unbranched alkanes of at least 4 members (excludes halogenated alkanes) is 1. The highest BCUT2D eigenvalue weighted by molar-refractivity contribution is 7.99. The molecule has 0 bridgehead atoms. The van der Waals surface area contributed by atoms with Crippen molar-refractivity contribution in [2.45, 2.75) is 19.8 Å². The number of hydrogen-bond donors (Lipinski definition) is 0. The molecular weight excluding hydrogens is 180 g/mol. The molecular formula is C8H17ClOS. The molecule has 0 aliphatic heterocycles. The Kier molecular flexibility index (Phi) is 11.2. The Bertz CT molecular complexity index is 63.1. The van der Waals surface area contributed by atoms with E-state index in [1.54, 1.807) is 0 Å². The summed E-state index contributed by atoms with van der Waals surface area (Å²) in [5, 5.41) is 0. The molecule has 0 rings (SSSR count). The van der Waals surface area contributed by atoms with Crippen molar-refractivity contribution in [2.75, 3.05) is 30.6 Å². The fraction of sp³-hybridized carbons (Fsp3) is 1.00. The van der Waals surface area contributed by atoms with Crippen LogP contribution in [0.15, 0.2) is 0 Å². The van der Waals surface area contributed by atoms with E-state index in [1.807, 2.05) is 11.8 Å². The van der Waals surface area contributed by atoms with Gasteiger partial charge in [0.1, 0.15) is 0 Å². The average Bonchev–Trinajstić information content (AvgIpc) is 2.03. The van der Waals surface area contributed by atoms with Crippen LogP contribution in [0.5, 0.6) is 0 Å². The standard InChI is InChI=1S/C8H17ClOS/c1-2-3-5-10-6-8-11-7-4-9/h2-8H2,1H3. The van der Waals surface area contributed by atoms with E-state index in [4.69, 9.17) is 16.3 Å². The molecule has 0 spiro atoms. The summed E-state index contributed by atoms with van der Waals surface area (Å²) < 4.78 is 5.36. The van der Waals surface area contributed by atoms with E-state index >= 15 is 0 Å². The molecule has 3 heteroatoms. The molecule has 0 unspecified atom stereocenters. The van der Waals surface area contributed by atoms with Crippen molar-refractivity contribution in [3.05, 3.63) is 0 Å². The van der Waals surface area contributed by atoms with Gasteiger partial charge in [0, 0.05) is 24.0 Å². The molecule has 68 valence electrons. The van der Waals surface area contributed by atoms with Gasteiger partial charge in [0.15, 0.2) is 0 Å². The molecule has 0 amide bonds. The maximum Gasteiger partial charge on any atom is 0.0556 e. The first kappa shape index (κ1) is 11.6. The Hall–Kier alpha value is 0.600. The van der Waals surface area contributed by atoms with Crippen LogP contribution in [0.4, 0.5) is 0 Å². The summed E-state index contributed by atoms with van der Waals surface area (Å²) in [5.74, 6) is 2.87. The second kappa shape index (κ2) is 10.6. The smallest absolute Gasteiger partial charge is 0.0556 e. The lowest BCUT2D eigenvalue weighted by atomic mass is 10.4. The summed E-state index contributed by atoms with van der Waals surface area (Å²) in [6.45, 7) is 3.96. The van der Waals surface area contributed by atoms with E-state index in [0.717, 1.165) is 30.6 Å². The second-order valence-electron chi connectivity index (χ2n) is 2.27. The molecule has 0 atom stereocenters. The molecule has 0 aliphatic carbocycles. The Morgan fingerprint density at radius 1 is 1.27 bits per heavy atom. The molecule has 0 saturated heterocycles. The first-order chi connectivity index (χ1) is 5.41. The van der Waals surface area contributed by atoms with Gasteiger partial charge >= 0.3 is 0 Å². The summed E-state index contributed by atoms with van der Waals surface area (Å²) in [6, 6.07) is 0. The zero-order chi connectivity index (χ0) is 8.36. The van der Waals surface area contributed by atoms with E-state index < -0.39 is 0 Å². The molecule has 0 N–H and O–H groups in total. The summed E-state index contributed by atoms with van der Waals surface area (Å²) in [7, 11) is 0. The van der Waals surface area contributed by atoms with Gasteiger partial charge in [-0.25, -0.2) is 0 Å². The van der Waals surface area contributed by atoms with Crippen molar-refractivity contribution >= 4 is 23.4 Å². The zero-order valence-corrected chi connectivity index (χ0v) is 8.72. The van der Waals surface area contributed by atoms with E-state index in [9.17, 15) is 0 Å². The lowest BCUT2D eigenvalue weighted by molar-refractivity contribution is 0.147. The van der Waals surface area contributed by atoms with Crippen molar-refractivity contribution in [1.29, 1.82) is 0 Å². The number of ether oxygens (including phenoxy) is 1. The lowest BCUT2D eigenvalue weighted by Gasteiger charge is -2.01. The minimum absolute atomic E-state index is 0.750. The SMILES string of the molecule is CCCCOCCSCCCl. The maximum absolute atomic E-state index is 5.50. The van der Waals surface area contributed by atoms with E-state index in [0.29, 0.717) is 0 Å². The third-order valence-electron chi connectivity index (χ3n) is 1.24. The van der Waals surface area contributed by atoms with Gasteiger partial charge in [0.05, 0.1) is 6.61 Å². The fourth-order valence-electron chi connectivity index (χ4n) is 0.623. The van der Waals surface area contributed by atoms with E-state index in [1.165, 1.54) is 12.8 Å². The van der Waals surface area contributed by atoms with Crippen molar-refractivity contribution in [3.63, 3.8) is 0 Å². The van der Waals surface area contributed by atoms with Gasteiger partial charge < -0.3 is 4.74 Å². The van der Waals surface area contributed by atoms with Crippen LogP contribution >= 0.6 is 23.4 Å². The highest BCUT2D eigenvalue weighted by atomic mass is 35.5. The average molecular weight is 197 g/mol. The molecule has 0 aromatic carbocycles.